The van der Waals surface area contributed by atoms with Gasteiger partial charge in [-0.15, -0.1) is 11.3 Å². The first-order valence-corrected chi connectivity index (χ1v) is 7.09. The summed E-state index contributed by atoms with van der Waals surface area (Å²) in [4.78, 5) is 15.5. The largest absolute Gasteiger partial charge is 0.384 e. The first kappa shape index (κ1) is 13.0. The van der Waals surface area contributed by atoms with E-state index in [0.29, 0.717) is 5.13 Å². The van der Waals surface area contributed by atoms with Crippen LogP contribution in [0, 0.1) is 0 Å². The summed E-state index contributed by atoms with van der Waals surface area (Å²) in [6, 6.07) is 1.46. The van der Waals surface area contributed by atoms with Gasteiger partial charge in [0.05, 0.1) is 6.54 Å². The number of rotatable bonds is 4. The number of aromatic nitrogens is 1. The highest BCUT2D eigenvalue weighted by atomic mass is 32.1. The molecule has 2 heterocycles. The molecule has 5 nitrogen and oxygen atoms in total. The van der Waals surface area contributed by atoms with Gasteiger partial charge < -0.3 is 10.4 Å². The molecule has 0 aliphatic carbocycles. The maximum atomic E-state index is 11.6. The molecule has 0 aromatic carbocycles. The Morgan fingerprint density at radius 2 is 2.39 bits per heavy atom. The van der Waals surface area contributed by atoms with Crippen molar-refractivity contribution in [1.82, 2.24) is 10.3 Å². The first-order valence-electron chi connectivity index (χ1n) is 5.27. The lowest BCUT2D eigenvalue weighted by Gasteiger charge is -2.22. The van der Waals surface area contributed by atoms with Gasteiger partial charge in [0.25, 0.3) is 0 Å². The monoisotopic (exact) mass is 283 g/mol. The fraction of sp³-hybridized carbons (Fsp3) is 0.273. The van der Waals surface area contributed by atoms with Gasteiger partial charge in [0.15, 0.2) is 5.13 Å². The number of thiophene rings is 1. The quantitative estimate of drug-likeness (QED) is 0.805. The van der Waals surface area contributed by atoms with Crippen LogP contribution in [0.3, 0.4) is 0 Å². The van der Waals surface area contributed by atoms with E-state index in [-0.39, 0.29) is 12.6 Å². The summed E-state index contributed by atoms with van der Waals surface area (Å²) in [6.45, 7) is 1.81. The Hall–Kier alpha value is -1.44. The molecule has 7 heteroatoms. The average Bonchev–Trinajstić information content (AvgIpc) is 2.99. The number of thiazole rings is 1. The van der Waals surface area contributed by atoms with Gasteiger partial charge in [-0.2, -0.15) is 11.3 Å². The van der Waals surface area contributed by atoms with Gasteiger partial charge in [0, 0.05) is 11.6 Å². The van der Waals surface area contributed by atoms with Crippen LogP contribution in [0.15, 0.2) is 28.4 Å². The Morgan fingerprint density at radius 1 is 1.56 bits per heavy atom. The standard InChI is InChI=1S/C11H13N3O2S2/c1-11(16,8-2-4-17-6-8)7-13-9(15)14-10-12-3-5-18-10/h2-6,16H,7H2,1H3,(H2,12,13,14,15). The number of carbonyl (C=O) groups is 1. The number of hydrogen-bond acceptors (Lipinski definition) is 5. The molecule has 0 saturated heterocycles. The molecule has 1 unspecified atom stereocenters. The van der Waals surface area contributed by atoms with Gasteiger partial charge in [0.1, 0.15) is 5.60 Å². The second kappa shape index (κ2) is 5.47. The molecular formula is C11H13N3O2S2. The van der Waals surface area contributed by atoms with Crippen LogP contribution in [0.5, 0.6) is 0 Å². The average molecular weight is 283 g/mol. The Morgan fingerprint density at radius 3 is 3.00 bits per heavy atom. The van der Waals surface area contributed by atoms with Gasteiger partial charge in [-0.3, -0.25) is 5.32 Å². The molecule has 0 aliphatic rings. The summed E-state index contributed by atoms with van der Waals surface area (Å²) >= 11 is 2.85. The molecule has 2 rings (SSSR count). The Kier molecular flexibility index (Phi) is 3.95. The summed E-state index contributed by atoms with van der Waals surface area (Å²) in [6.07, 6.45) is 1.61. The summed E-state index contributed by atoms with van der Waals surface area (Å²) in [5.74, 6) is 0. The van der Waals surface area contributed by atoms with Crippen molar-refractivity contribution in [2.24, 2.45) is 0 Å². The van der Waals surface area contributed by atoms with Gasteiger partial charge in [-0.05, 0) is 29.3 Å². The molecular weight excluding hydrogens is 270 g/mol. The Balaban J connectivity index is 1.86. The zero-order valence-corrected chi connectivity index (χ0v) is 11.3. The van der Waals surface area contributed by atoms with Crippen LogP contribution < -0.4 is 10.6 Å². The summed E-state index contributed by atoms with van der Waals surface area (Å²) in [5, 5.41) is 21.5. The third-order valence-electron chi connectivity index (χ3n) is 2.39. The van der Waals surface area contributed by atoms with Crippen molar-refractivity contribution in [1.29, 1.82) is 0 Å². The van der Waals surface area contributed by atoms with Crippen LogP contribution in [-0.4, -0.2) is 22.7 Å². The van der Waals surface area contributed by atoms with Crippen LogP contribution in [0.25, 0.3) is 0 Å². The maximum Gasteiger partial charge on any atom is 0.321 e. The molecule has 0 aliphatic heterocycles. The minimum absolute atomic E-state index is 0.140. The van der Waals surface area contributed by atoms with Crippen molar-refractivity contribution < 1.29 is 9.90 Å². The number of aliphatic hydroxyl groups is 1. The molecule has 2 aromatic heterocycles. The third-order valence-corrected chi connectivity index (χ3v) is 3.76. The number of hydrogen-bond donors (Lipinski definition) is 3. The minimum atomic E-state index is -1.07. The highest BCUT2D eigenvalue weighted by Gasteiger charge is 2.24. The second-order valence-corrected chi connectivity index (χ2v) is 5.61. The van der Waals surface area contributed by atoms with E-state index >= 15 is 0 Å². The summed E-state index contributed by atoms with van der Waals surface area (Å²) in [7, 11) is 0. The molecule has 1 atom stereocenters. The van der Waals surface area contributed by atoms with Gasteiger partial charge in [-0.25, -0.2) is 9.78 Å². The van der Waals surface area contributed by atoms with Crippen molar-refractivity contribution in [3.05, 3.63) is 34.0 Å². The molecule has 18 heavy (non-hydrogen) atoms. The van der Waals surface area contributed by atoms with Crippen molar-refractivity contribution in [3.8, 4) is 0 Å². The van der Waals surface area contributed by atoms with E-state index in [1.807, 2.05) is 16.8 Å². The summed E-state index contributed by atoms with van der Waals surface area (Å²) < 4.78 is 0. The van der Waals surface area contributed by atoms with E-state index in [0.717, 1.165) is 5.56 Å². The Bertz CT molecular complexity index is 494. The van der Waals surface area contributed by atoms with E-state index in [1.165, 1.54) is 22.7 Å². The predicted molar refractivity (Wildman–Crippen MR) is 73.0 cm³/mol. The summed E-state index contributed by atoms with van der Waals surface area (Å²) in [5.41, 5.74) is -0.276. The maximum absolute atomic E-state index is 11.6. The van der Waals surface area contributed by atoms with Crippen LogP contribution in [0.2, 0.25) is 0 Å². The fourth-order valence-corrected chi connectivity index (χ4v) is 2.66. The zero-order valence-electron chi connectivity index (χ0n) is 9.71. The smallest absolute Gasteiger partial charge is 0.321 e. The number of urea groups is 1. The second-order valence-electron chi connectivity index (χ2n) is 3.93. The molecule has 3 N–H and O–H groups in total. The number of nitrogens with one attached hydrogen (secondary N) is 2. The molecule has 0 bridgehead atoms. The van der Waals surface area contributed by atoms with Gasteiger partial charge >= 0.3 is 6.03 Å². The number of anilines is 1. The lowest BCUT2D eigenvalue weighted by molar-refractivity contribution is 0.0604. The van der Waals surface area contributed by atoms with Crippen molar-refractivity contribution in [2.75, 3.05) is 11.9 Å². The van der Waals surface area contributed by atoms with E-state index in [1.54, 1.807) is 18.5 Å². The topological polar surface area (TPSA) is 74.2 Å². The Labute approximate surface area is 113 Å². The van der Waals surface area contributed by atoms with E-state index < -0.39 is 5.60 Å². The number of amides is 2. The zero-order chi connectivity index (χ0) is 13.0. The molecule has 0 saturated carbocycles. The first-order chi connectivity index (χ1) is 8.58. The third kappa shape index (κ3) is 3.28. The van der Waals surface area contributed by atoms with Crippen molar-refractivity contribution >= 4 is 33.8 Å². The lowest BCUT2D eigenvalue weighted by atomic mass is 9.99. The van der Waals surface area contributed by atoms with Crippen molar-refractivity contribution in [3.63, 3.8) is 0 Å². The molecule has 2 aromatic rings. The minimum Gasteiger partial charge on any atom is -0.384 e. The highest BCUT2D eigenvalue weighted by molar-refractivity contribution is 7.13. The predicted octanol–water partition coefficient (Wildman–Crippen LogP) is 2.23. The molecule has 0 radical (unpaired) electrons. The number of carbonyl (C=O) groups excluding carboxylic acids is 1. The van der Waals surface area contributed by atoms with Crippen LogP contribution in [0.4, 0.5) is 9.93 Å². The molecule has 0 fully saturated rings. The fourth-order valence-electron chi connectivity index (χ4n) is 1.35. The highest BCUT2D eigenvalue weighted by Crippen LogP contribution is 2.22. The van der Waals surface area contributed by atoms with Crippen LogP contribution >= 0.6 is 22.7 Å². The van der Waals surface area contributed by atoms with E-state index in [4.69, 9.17) is 0 Å². The SMILES string of the molecule is CC(O)(CNC(=O)Nc1nccs1)c1ccsc1. The normalized spacial score (nSPS) is 13.9. The van der Waals surface area contributed by atoms with Crippen molar-refractivity contribution in [2.45, 2.75) is 12.5 Å². The van der Waals surface area contributed by atoms with Crippen LogP contribution in [-0.2, 0) is 5.60 Å². The van der Waals surface area contributed by atoms with Gasteiger partial charge in [0.2, 0.25) is 0 Å². The van der Waals surface area contributed by atoms with Gasteiger partial charge in [-0.1, -0.05) is 0 Å². The van der Waals surface area contributed by atoms with E-state index in [2.05, 4.69) is 15.6 Å². The molecule has 2 amide bonds. The number of nitrogens with zero attached hydrogens (tertiary/aromatic N) is 1. The lowest BCUT2D eigenvalue weighted by Crippen LogP contribution is -2.40. The van der Waals surface area contributed by atoms with Crippen LogP contribution in [0.1, 0.15) is 12.5 Å². The molecule has 96 valence electrons. The van der Waals surface area contributed by atoms with E-state index in [9.17, 15) is 9.90 Å². The molecule has 0 spiro atoms.